The lowest BCUT2D eigenvalue weighted by atomic mass is 10.2. The molecule has 1 aromatic carbocycles. The number of aromatic nitrogens is 3. The Balaban J connectivity index is 2.14. The molecule has 1 aromatic heterocycles. The van der Waals surface area contributed by atoms with Crippen molar-refractivity contribution in [1.29, 1.82) is 0 Å². The van der Waals surface area contributed by atoms with E-state index in [1.165, 1.54) is 18.1 Å². The second kappa shape index (κ2) is 4.27. The van der Waals surface area contributed by atoms with Gasteiger partial charge in [-0.15, -0.1) is 0 Å². The number of H-pyrrole nitrogens is 1. The Hall–Kier alpha value is -1.62. The molecule has 0 aliphatic rings. The van der Waals surface area contributed by atoms with Crippen molar-refractivity contribution in [2.45, 2.75) is 17.0 Å². The monoisotopic (exact) mass is 219 g/mol. The van der Waals surface area contributed by atoms with Crippen LogP contribution < -0.4 is 0 Å². The molecule has 1 heterocycles. The van der Waals surface area contributed by atoms with E-state index in [2.05, 4.69) is 15.2 Å². The standard InChI is InChI=1S/C10H9N3OS/c1-7(14)8-2-4-9(5-3-8)15-10-11-6-12-13-10/h2-6H,1H3,(H,11,12,13). The predicted octanol–water partition coefficient (Wildman–Crippen LogP) is 2.16. The van der Waals surface area contributed by atoms with Crippen LogP contribution in [0.1, 0.15) is 17.3 Å². The van der Waals surface area contributed by atoms with Crippen molar-refractivity contribution in [3.8, 4) is 0 Å². The highest BCUT2D eigenvalue weighted by Gasteiger charge is 2.01. The van der Waals surface area contributed by atoms with Gasteiger partial charge in [-0.2, -0.15) is 5.10 Å². The molecule has 5 heteroatoms. The summed E-state index contributed by atoms with van der Waals surface area (Å²) in [5.74, 6) is 0.0752. The highest BCUT2D eigenvalue weighted by molar-refractivity contribution is 7.99. The van der Waals surface area contributed by atoms with Gasteiger partial charge in [-0.05, 0) is 19.1 Å². The Morgan fingerprint density at radius 3 is 2.60 bits per heavy atom. The second-order valence-electron chi connectivity index (χ2n) is 2.97. The van der Waals surface area contributed by atoms with Gasteiger partial charge in [-0.25, -0.2) is 4.98 Å². The Morgan fingerprint density at radius 2 is 2.07 bits per heavy atom. The van der Waals surface area contributed by atoms with Gasteiger partial charge in [-0.3, -0.25) is 9.89 Å². The van der Waals surface area contributed by atoms with Crippen LogP contribution in [-0.4, -0.2) is 21.0 Å². The number of carbonyl (C=O) groups is 1. The minimum atomic E-state index is 0.0752. The van der Waals surface area contributed by atoms with Crippen molar-refractivity contribution in [2.75, 3.05) is 0 Å². The maximum Gasteiger partial charge on any atom is 0.188 e. The second-order valence-corrected chi connectivity index (χ2v) is 4.04. The fourth-order valence-electron chi connectivity index (χ4n) is 1.11. The van der Waals surface area contributed by atoms with Crippen LogP contribution in [0, 0.1) is 0 Å². The third kappa shape index (κ3) is 2.44. The molecule has 0 unspecified atom stereocenters. The molecular weight excluding hydrogens is 210 g/mol. The number of ketones is 1. The van der Waals surface area contributed by atoms with Crippen molar-refractivity contribution < 1.29 is 4.79 Å². The van der Waals surface area contributed by atoms with Gasteiger partial charge in [0.25, 0.3) is 0 Å². The van der Waals surface area contributed by atoms with Gasteiger partial charge in [0.15, 0.2) is 10.9 Å². The number of hydrogen-bond acceptors (Lipinski definition) is 4. The lowest BCUT2D eigenvalue weighted by Crippen LogP contribution is -1.90. The van der Waals surface area contributed by atoms with E-state index in [1.54, 1.807) is 19.1 Å². The molecule has 76 valence electrons. The molecule has 0 aliphatic heterocycles. The maximum atomic E-state index is 11.0. The van der Waals surface area contributed by atoms with Crippen LogP contribution in [0.15, 0.2) is 40.6 Å². The summed E-state index contributed by atoms with van der Waals surface area (Å²) in [6.45, 7) is 1.55. The molecule has 1 N–H and O–H groups in total. The lowest BCUT2D eigenvalue weighted by molar-refractivity contribution is 0.101. The predicted molar refractivity (Wildman–Crippen MR) is 57.0 cm³/mol. The van der Waals surface area contributed by atoms with Crippen LogP contribution in [0.3, 0.4) is 0 Å². The highest BCUT2D eigenvalue weighted by atomic mass is 32.2. The SMILES string of the molecule is CC(=O)c1ccc(Sc2ncn[nH]2)cc1. The molecule has 2 aromatic rings. The largest absolute Gasteiger partial charge is 0.295 e. The van der Waals surface area contributed by atoms with Crippen molar-refractivity contribution in [3.05, 3.63) is 36.2 Å². The van der Waals surface area contributed by atoms with Crippen molar-refractivity contribution in [2.24, 2.45) is 0 Å². The first kappa shape index (κ1) is 9.92. The zero-order valence-electron chi connectivity index (χ0n) is 8.10. The quantitative estimate of drug-likeness (QED) is 0.804. The van der Waals surface area contributed by atoms with Gasteiger partial charge in [-0.1, -0.05) is 23.9 Å². The minimum Gasteiger partial charge on any atom is -0.295 e. The molecule has 2 rings (SSSR count). The Labute approximate surface area is 91.1 Å². The molecule has 0 saturated carbocycles. The van der Waals surface area contributed by atoms with Crippen LogP contribution in [0.4, 0.5) is 0 Å². The number of nitrogens with one attached hydrogen (secondary N) is 1. The molecule has 0 fully saturated rings. The van der Waals surface area contributed by atoms with Crippen molar-refractivity contribution in [3.63, 3.8) is 0 Å². The molecule has 0 spiro atoms. The van der Waals surface area contributed by atoms with Gasteiger partial charge in [0.1, 0.15) is 6.33 Å². The van der Waals surface area contributed by atoms with E-state index >= 15 is 0 Å². The topological polar surface area (TPSA) is 58.6 Å². The smallest absolute Gasteiger partial charge is 0.188 e. The van der Waals surface area contributed by atoms with Crippen LogP contribution in [-0.2, 0) is 0 Å². The molecule has 0 radical (unpaired) electrons. The fraction of sp³-hybridized carbons (Fsp3) is 0.100. The van der Waals surface area contributed by atoms with Crippen LogP contribution in [0.2, 0.25) is 0 Å². The van der Waals surface area contributed by atoms with Gasteiger partial charge in [0.2, 0.25) is 0 Å². The average Bonchev–Trinajstić information content (AvgIpc) is 2.71. The summed E-state index contributed by atoms with van der Waals surface area (Å²) in [5, 5.41) is 7.25. The Bertz CT molecular complexity index is 450. The molecule has 0 atom stereocenters. The zero-order valence-corrected chi connectivity index (χ0v) is 8.91. The minimum absolute atomic E-state index is 0.0752. The van der Waals surface area contributed by atoms with E-state index in [9.17, 15) is 4.79 Å². The van der Waals surface area contributed by atoms with Gasteiger partial charge in [0.05, 0.1) is 0 Å². The van der Waals surface area contributed by atoms with Crippen LogP contribution >= 0.6 is 11.8 Å². The van der Waals surface area contributed by atoms with Gasteiger partial charge >= 0.3 is 0 Å². The Kier molecular flexibility index (Phi) is 2.82. The van der Waals surface area contributed by atoms with E-state index in [4.69, 9.17) is 0 Å². The van der Waals surface area contributed by atoms with Crippen LogP contribution in [0.25, 0.3) is 0 Å². The third-order valence-corrected chi connectivity index (χ3v) is 2.77. The number of benzene rings is 1. The van der Waals surface area contributed by atoms with E-state index in [0.29, 0.717) is 0 Å². The van der Waals surface area contributed by atoms with Gasteiger partial charge < -0.3 is 0 Å². The lowest BCUT2D eigenvalue weighted by Gasteiger charge is -1.98. The third-order valence-electron chi connectivity index (χ3n) is 1.87. The maximum absolute atomic E-state index is 11.0. The summed E-state index contributed by atoms with van der Waals surface area (Å²) < 4.78 is 0. The summed E-state index contributed by atoms with van der Waals surface area (Å²) in [6.07, 6.45) is 1.46. The molecule has 0 amide bonds. The number of Topliss-reactive ketones (excluding diaryl/α,β-unsaturated/α-hetero) is 1. The van der Waals surface area contributed by atoms with Crippen molar-refractivity contribution >= 4 is 17.5 Å². The number of hydrogen-bond donors (Lipinski definition) is 1. The van der Waals surface area contributed by atoms with E-state index in [1.807, 2.05) is 12.1 Å². The summed E-state index contributed by atoms with van der Waals surface area (Å²) in [7, 11) is 0. The molecule has 0 aliphatic carbocycles. The number of aromatic amines is 1. The summed E-state index contributed by atoms with van der Waals surface area (Å²) >= 11 is 1.47. The highest BCUT2D eigenvalue weighted by Crippen LogP contribution is 2.23. The molecular formula is C10H9N3OS. The first-order chi connectivity index (χ1) is 7.25. The van der Waals surface area contributed by atoms with E-state index < -0.39 is 0 Å². The van der Waals surface area contributed by atoms with Gasteiger partial charge in [0, 0.05) is 10.5 Å². The summed E-state index contributed by atoms with van der Waals surface area (Å²) in [4.78, 5) is 16.1. The molecule has 0 saturated heterocycles. The molecule has 0 bridgehead atoms. The van der Waals surface area contributed by atoms with E-state index in [0.717, 1.165) is 15.6 Å². The zero-order chi connectivity index (χ0) is 10.7. The van der Waals surface area contributed by atoms with Crippen LogP contribution in [0.5, 0.6) is 0 Å². The number of carbonyl (C=O) groups excluding carboxylic acids is 1. The summed E-state index contributed by atoms with van der Waals surface area (Å²) in [6, 6.07) is 7.40. The number of nitrogens with zero attached hydrogens (tertiary/aromatic N) is 2. The normalized spacial score (nSPS) is 10.2. The Morgan fingerprint density at radius 1 is 1.33 bits per heavy atom. The molecule has 15 heavy (non-hydrogen) atoms. The summed E-state index contributed by atoms with van der Waals surface area (Å²) in [5.41, 5.74) is 0.719. The first-order valence-corrected chi connectivity index (χ1v) is 5.21. The molecule has 4 nitrogen and oxygen atoms in total. The number of rotatable bonds is 3. The van der Waals surface area contributed by atoms with Crippen molar-refractivity contribution in [1.82, 2.24) is 15.2 Å². The average molecular weight is 219 g/mol. The fourth-order valence-corrected chi connectivity index (χ4v) is 1.81. The first-order valence-electron chi connectivity index (χ1n) is 4.40. The van der Waals surface area contributed by atoms with E-state index in [-0.39, 0.29) is 5.78 Å².